The number of hydrogen-bond acceptors (Lipinski definition) is 6. The standard InChI is InChI=1S/C10H8F6O6S2/c11-9(12,13)23(17,18)21-8(6-7-4-2-1-3-5-7)22-24(19,20)10(14,15)16/h1-5,8H,6H2. The normalized spacial score (nSPS) is 14.1. The number of benzene rings is 1. The fourth-order valence-electron chi connectivity index (χ4n) is 1.28. The van der Waals surface area contributed by atoms with E-state index in [1.807, 2.05) is 0 Å². The molecule has 1 rings (SSSR count). The van der Waals surface area contributed by atoms with Crippen molar-refractivity contribution in [2.24, 2.45) is 0 Å². The second-order valence-electron chi connectivity index (χ2n) is 4.11. The van der Waals surface area contributed by atoms with Crippen molar-refractivity contribution < 1.29 is 51.5 Å². The molecule has 0 saturated heterocycles. The fraction of sp³-hybridized carbons (Fsp3) is 0.400. The van der Waals surface area contributed by atoms with Gasteiger partial charge in [-0.15, -0.1) is 0 Å². The van der Waals surface area contributed by atoms with E-state index in [0.29, 0.717) is 0 Å². The molecule has 24 heavy (non-hydrogen) atoms. The quantitative estimate of drug-likeness (QED) is 0.314. The van der Waals surface area contributed by atoms with Crippen molar-refractivity contribution in [2.45, 2.75) is 23.7 Å². The van der Waals surface area contributed by atoms with Gasteiger partial charge in [-0.2, -0.15) is 43.2 Å². The second-order valence-corrected chi connectivity index (χ2v) is 7.24. The largest absolute Gasteiger partial charge is 0.523 e. The Labute approximate surface area is 132 Å². The van der Waals surface area contributed by atoms with Gasteiger partial charge in [-0.25, -0.2) is 8.37 Å². The number of rotatable bonds is 6. The number of alkyl halides is 6. The zero-order valence-electron chi connectivity index (χ0n) is 11.2. The average molecular weight is 402 g/mol. The molecule has 0 aliphatic rings. The van der Waals surface area contributed by atoms with Gasteiger partial charge in [-0.3, -0.25) is 0 Å². The highest BCUT2D eigenvalue weighted by Gasteiger charge is 2.52. The molecule has 0 aliphatic heterocycles. The molecule has 14 heteroatoms. The molecule has 0 bridgehead atoms. The molecule has 0 heterocycles. The second kappa shape index (κ2) is 6.85. The lowest BCUT2D eigenvalue weighted by atomic mass is 10.1. The van der Waals surface area contributed by atoms with Gasteiger partial charge in [-0.1, -0.05) is 30.3 Å². The SMILES string of the molecule is O=S(=O)(OC(Cc1ccccc1)OS(=O)(=O)C(F)(F)F)C(F)(F)F. The molecule has 0 spiro atoms. The lowest BCUT2D eigenvalue weighted by Gasteiger charge is -2.19. The minimum absolute atomic E-state index is 0.0303. The minimum atomic E-state index is -6.39. The molecule has 1 aromatic rings. The number of hydrogen-bond donors (Lipinski definition) is 0. The van der Waals surface area contributed by atoms with Crippen LogP contribution in [0.1, 0.15) is 5.56 Å². The third-order valence-corrected chi connectivity index (χ3v) is 4.35. The maximum Gasteiger partial charge on any atom is 0.523 e. The van der Waals surface area contributed by atoms with Crippen LogP contribution in [0.3, 0.4) is 0 Å². The summed E-state index contributed by atoms with van der Waals surface area (Å²) in [6, 6.07) is 6.45. The highest BCUT2D eigenvalue weighted by molar-refractivity contribution is 7.88. The summed E-state index contributed by atoms with van der Waals surface area (Å²) in [6.07, 6.45) is -3.91. The Morgan fingerprint density at radius 2 is 1.17 bits per heavy atom. The van der Waals surface area contributed by atoms with Crippen molar-refractivity contribution in [1.29, 1.82) is 0 Å². The summed E-state index contributed by atoms with van der Waals surface area (Å²) in [6.45, 7) is 0. The van der Waals surface area contributed by atoms with E-state index in [0.717, 1.165) is 0 Å². The van der Waals surface area contributed by atoms with Gasteiger partial charge in [0, 0.05) is 6.42 Å². The zero-order valence-corrected chi connectivity index (χ0v) is 12.8. The summed E-state index contributed by atoms with van der Waals surface area (Å²) >= 11 is 0. The van der Waals surface area contributed by atoms with Gasteiger partial charge < -0.3 is 0 Å². The van der Waals surface area contributed by atoms with E-state index >= 15 is 0 Å². The molecule has 0 fully saturated rings. The van der Waals surface area contributed by atoms with E-state index in [9.17, 15) is 43.2 Å². The van der Waals surface area contributed by atoms with Crippen molar-refractivity contribution in [2.75, 3.05) is 0 Å². The lowest BCUT2D eigenvalue weighted by molar-refractivity contribution is -0.0857. The molecular formula is C10H8F6O6S2. The van der Waals surface area contributed by atoms with Gasteiger partial charge in [0.15, 0.2) is 6.29 Å². The van der Waals surface area contributed by atoms with Gasteiger partial charge in [0.2, 0.25) is 0 Å². The first-order valence-corrected chi connectivity index (χ1v) is 8.50. The van der Waals surface area contributed by atoms with Gasteiger partial charge >= 0.3 is 31.3 Å². The molecule has 1 aromatic carbocycles. The smallest absolute Gasteiger partial charge is 0.229 e. The summed E-state index contributed by atoms with van der Waals surface area (Å²) in [7, 11) is -12.8. The summed E-state index contributed by atoms with van der Waals surface area (Å²) < 4.78 is 124. The van der Waals surface area contributed by atoms with E-state index in [2.05, 4.69) is 8.37 Å². The molecule has 0 N–H and O–H groups in total. The van der Waals surface area contributed by atoms with Crippen LogP contribution in [-0.4, -0.2) is 34.1 Å². The van der Waals surface area contributed by atoms with Crippen molar-refractivity contribution in [3.05, 3.63) is 35.9 Å². The lowest BCUT2D eigenvalue weighted by Crippen LogP contribution is -2.37. The third kappa shape index (κ3) is 5.32. The van der Waals surface area contributed by atoms with Crippen molar-refractivity contribution >= 4 is 20.2 Å². The molecule has 0 unspecified atom stereocenters. The van der Waals surface area contributed by atoms with Crippen LogP contribution in [0, 0.1) is 0 Å². The van der Waals surface area contributed by atoms with Crippen LogP contribution >= 0.6 is 0 Å². The van der Waals surface area contributed by atoms with Crippen LogP contribution in [0.4, 0.5) is 26.3 Å². The van der Waals surface area contributed by atoms with Crippen LogP contribution in [-0.2, 0) is 35.0 Å². The summed E-state index contributed by atoms with van der Waals surface area (Å²) in [5, 5.41) is 0. The Kier molecular flexibility index (Phi) is 5.90. The summed E-state index contributed by atoms with van der Waals surface area (Å²) in [5.41, 5.74) is -12.0. The van der Waals surface area contributed by atoms with Crippen LogP contribution in [0.25, 0.3) is 0 Å². The topological polar surface area (TPSA) is 86.7 Å². The first-order valence-electron chi connectivity index (χ1n) is 5.69. The van der Waals surface area contributed by atoms with Gasteiger partial charge in [0.05, 0.1) is 0 Å². The Balaban J connectivity index is 3.14. The van der Waals surface area contributed by atoms with E-state index in [1.165, 1.54) is 30.3 Å². The molecule has 0 aromatic heterocycles. The van der Waals surface area contributed by atoms with Crippen LogP contribution < -0.4 is 0 Å². The van der Waals surface area contributed by atoms with E-state index in [1.54, 1.807) is 0 Å². The first-order chi connectivity index (χ1) is 10.7. The van der Waals surface area contributed by atoms with Crippen molar-refractivity contribution in [1.82, 2.24) is 0 Å². The predicted octanol–water partition coefficient (Wildman–Crippen LogP) is 2.29. The Morgan fingerprint density at radius 1 is 0.792 bits per heavy atom. The maximum atomic E-state index is 12.3. The zero-order chi connectivity index (χ0) is 18.8. The first kappa shape index (κ1) is 20.7. The molecule has 0 atom stereocenters. The van der Waals surface area contributed by atoms with Crippen molar-refractivity contribution in [3.8, 4) is 0 Å². The maximum absolute atomic E-state index is 12.3. The molecule has 0 saturated carbocycles. The van der Waals surface area contributed by atoms with Crippen LogP contribution in [0.15, 0.2) is 30.3 Å². The Bertz CT molecular complexity index is 707. The van der Waals surface area contributed by atoms with Crippen LogP contribution in [0.5, 0.6) is 0 Å². The molecule has 0 radical (unpaired) electrons. The number of halogens is 6. The molecule has 0 aliphatic carbocycles. The monoisotopic (exact) mass is 402 g/mol. The van der Waals surface area contributed by atoms with E-state index < -0.39 is 44.0 Å². The summed E-state index contributed by atoms with van der Waals surface area (Å²) in [4.78, 5) is 0. The molecule has 6 nitrogen and oxygen atoms in total. The van der Waals surface area contributed by atoms with Gasteiger partial charge in [0.25, 0.3) is 0 Å². The van der Waals surface area contributed by atoms with Crippen LogP contribution in [0.2, 0.25) is 0 Å². The van der Waals surface area contributed by atoms with E-state index in [-0.39, 0.29) is 5.56 Å². The fourth-order valence-corrected chi connectivity index (χ4v) is 2.33. The van der Waals surface area contributed by atoms with E-state index in [4.69, 9.17) is 0 Å². The van der Waals surface area contributed by atoms with Gasteiger partial charge in [-0.05, 0) is 5.56 Å². The highest BCUT2D eigenvalue weighted by Crippen LogP contribution is 2.30. The highest BCUT2D eigenvalue weighted by atomic mass is 32.2. The minimum Gasteiger partial charge on any atom is -0.229 e. The molecule has 0 amide bonds. The Morgan fingerprint density at radius 3 is 1.50 bits per heavy atom. The predicted molar refractivity (Wildman–Crippen MR) is 66.1 cm³/mol. The van der Waals surface area contributed by atoms with Gasteiger partial charge in [0.1, 0.15) is 0 Å². The molecule has 138 valence electrons. The average Bonchev–Trinajstić information content (AvgIpc) is 2.35. The van der Waals surface area contributed by atoms with Crippen molar-refractivity contribution in [3.63, 3.8) is 0 Å². The summed E-state index contributed by atoms with van der Waals surface area (Å²) in [5.74, 6) is 0. The molecular weight excluding hydrogens is 394 g/mol. The Hall–Kier alpha value is -1.38. The third-order valence-electron chi connectivity index (χ3n) is 2.28.